The normalized spacial score (nSPS) is 18.6. The number of anilines is 2. The third kappa shape index (κ3) is 3.72. The molecule has 0 saturated carbocycles. The van der Waals surface area contributed by atoms with Crippen molar-refractivity contribution in [3.63, 3.8) is 0 Å². The number of hydrogen-bond donors (Lipinski definition) is 0. The molecule has 5 heterocycles. The molecule has 0 aliphatic carbocycles. The molecule has 180 valence electrons. The van der Waals surface area contributed by atoms with Crippen LogP contribution in [0.4, 0.5) is 33.6 Å². The molecule has 2 saturated heterocycles. The van der Waals surface area contributed by atoms with Crippen molar-refractivity contribution in [1.82, 2.24) is 24.7 Å². The summed E-state index contributed by atoms with van der Waals surface area (Å²) >= 11 is 0. The molecule has 2 aliphatic rings. The number of nitrogens with zero attached hydrogens (tertiary/aromatic N) is 7. The molecule has 0 N–H and O–H groups in total. The lowest BCUT2D eigenvalue weighted by atomic mass is 9.77. The minimum atomic E-state index is -4.62. The molecule has 0 radical (unpaired) electrons. The highest BCUT2D eigenvalue weighted by molar-refractivity contribution is 6.00. The molecular formula is C21H20F5N7O. The number of amides is 1. The van der Waals surface area contributed by atoms with Crippen LogP contribution in [0, 0.1) is 5.41 Å². The minimum Gasteiger partial charge on any atom is -0.353 e. The summed E-state index contributed by atoms with van der Waals surface area (Å²) in [5.41, 5.74) is -1.10. The summed E-state index contributed by atoms with van der Waals surface area (Å²) in [4.78, 5) is 28.6. The Morgan fingerprint density at radius 2 is 1.68 bits per heavy atom. The van der Waals surface area contributed by atoms with Gasteiger partial charge in [0.25, 0.3) is 6.43 Å². The average Bonchev–Trinajstić information content (AvgIpc) is 3.32. The van der Waals surface area contributed by atoms with E-state index in [2.05, 4.69) is 20.1 Å². The topological polar surface area (TPSA) is 80.0 Å². The number of piperidine rings is 1. The SMILES string of the molecule is O=C1N(c2ncccc2C(F)(F)F)CCC12CCN(c1nn(CC(F)F)c3nccnc13)CC2. The van der Waals surface area contributed by atoms with Crippen molar-refractivity contribution in [1.29, 1.82) is 0 Å². The van der Waals surface area contributed by atoms with E-state index in [4.69, 9.17) is 0 Å². The van der Waals surface area contributed by atoms with Crippen molar-refractivity contribution >= 4 is 28.7 Å². The fraction of sp³-hybridized carbons (Fsp3) is 0.476. The van der Waals surface area contributed by atoms with Crippen molar-refractivity contribution in [3.05, 3.63) is 36.3 Å². The zero-order chi connectivity index (χ0) is 24.1. The van der Waals surface area contributed by atoms with Crippen molar-refractivity contribution in [2.45, 2.75) is 38.4 Å². The predicted molar refractivity (Wildman–Crippen MR) is 111 cm³/mol. The molecule has 0 bridgehead atoms. The summed E-state index contributed by atoms with van der Waals surface area (Å²) in [6, 6.07) is 2.12. The van der Waals surface area contributed by atoms with Gasteiger partial charge in [0.05, 0.1) is 11.0 Å². The quantitative estimate of drug-likeness (QED) is 0.531. The molecule has 13 heteroatoms. The fourth-order valence-electron chi connectivity index (χ4n) is 4.82. The van der Waals surface area contributed by atoms with Crippen LogP contribution in [0.25, 0.3) is 11.2 Å². The fourth-order valence-corrected chi connectivity index (χ4v) is 4.82. The molecule has 3 aromatic rings. The number of carbonyl (C=O) groups is 1. The molecule has 0 atom stereocenters. The Morgan fingerprint density at radius 3 is 2.38 bits per heavy atom. The summed E-state index contributed by atoms with van der Waals surface area (Å²) in [5.74, 6) is -0.333. The number of rotatable bonds is 4. The van der Waals surface area contributed by atoms with E-state index in [9.17, 15) is 26.7 Å². The van der Waals surface area contributed by atoms with Crippen molar-refractivity contribution in [3.8, 4) is 0 Å². The smallest absolute Gasteiger partial charge is 0.353 e. The highest BCUT2D eigenvalue weighted by atomic mass is 19.4. The van der Waals surface area contributed by atoms with Crippen molar-refractivity contribution in [2.24, 2.45) is 5.41 Å². The van der Waals surface area contributed by atoms with E-state index < -0.39 is 30.1 Å². The van der Waals surface area contributed by atoms with Crippen LogP contribution in [0.2, 0.25) is 0 Å². The monoisotopic (exact) mass is 481 g/mol. The lowest BCUT2D eigenvalue weighted by Gasteiger charge is -2.38. The number of hydrogen-bond acceptors (Lipinski definition) is 6. The van der Waals surface area contributed by atoms with Crippen LogP contribution in [0.1, 0.15) is 24.8 Å². The van der Waals surface area contributed by atoms with Crippen LogP contribution < -0.4 is 9.80 Å². The van der Waals surface area contributed by atoms with E-state index in [1.54, 1.807) is 0 Å². The van der Waals surface area contributed by atoms with Gasteiger partial charge in [0.15, 0.2) is 17.0 Å². The molecule has 0 aromatic carbocycles. The van der Waals surface area contributed by atoms with Gasteiger partial charge in [0, 0.05) is 38.2 Å². The Morgan fingerprint density at radius 1 is 0.971 bits per heavy atom. The largest absolute Gasteiger partial charge is 0.419 e. The first-order valence-corrected chi connectivity index (χ1v) is 10.7. The highest BCUT2D eigenvalue weighted by Crippen LogP contribution is 2.46. The number of carbonyl (C=O) groups excluding carboxylic acids is 1. The first-order chi connectivity index (χ1) is 16.2. The first-order valence-electron chi connectivity index (χ1n) is 10.7. The zero-order valence-electron chi connectivity index (χ0n) is 17.8. The van der Waals surface area contributed by atoms with E-state index in [0.29, 0.717) is 43.7 Å². The molecule has 0 unspecified atom stereocenters. The third-order valence-electron chi connectivity index (χ3n) is 6.54. The van der Waals surface area contributed by atoms with Crippen LogP contribution in [0.3, 0.4) is 0 Å². The maximum atomic E-state index is 13.5. The molecule has 2 fully saturated rings. The Hall–Kier alpha value is -3.38. The maximum absolute atomic E-state index is 13.5. The zero-order valence-corrected chi connectivity index (χ0v) is 17.8. The van der Waals surface area contributed by atoms with E-state index in [-0.39, 0.29) is 23.9 Å². The highest BCUT2D eigenvalue weighted by Gasteiger charge is 2.50. The number of aromatic nitrogens is 5. The van der Waals surface area contributed by atoms with Crippen LogP contribution in [-0.2, 0) is 17.5 Å². The molecular weight excluding hydrogens is 461 g/mol. The molecule has 34 heavy (non-hydrogen) atoms. The minimum absolute atomic E-state index is 0.149. The molecule has 3 aromatic heterocycles. The standard InChI is InChI=1S/C21H20F5N7O/c22-14(23)12-33-17-15(27-7-8-29-17)18(30-33)31-9-3-20(4-10-31)5-11-32(19(20)34)16-13(21(24,25)26)2-1-6-28-16/h1-2,6-8,14H,3-5,9-12H2. The van der Waals surface area contributed by atoms with Gasteiger partial charge in [-0.05, 0) is 31.4 Å². The average molecular weight is 481 g/mol. The van der Waals surface area contributed by atoms with Gasteiger partial charge in [-0.25, -0.2) is 28.4 Å². The number of alkyl halides is 5. The molecule has 8 nitrogen and oxygen atoms in total. The van der Waals surface area contributed by atoms with E-state index in [0.717, 1.165) is 15.6 Å². The molecule has 5 rings (SSSR count). The van der Waals surface area contributed by atoms with Crippen LogP contribution in [0.15, 0.2) is 30.7 Å². The van der Waals surface area contributed by atoms with Gasteiger partial charge in [-0.2, -0.15) is 18.3 Å². The van der Waals surface area contributed by atoms with E-state index in [1.165, 1.54) is 24.7 Å². The van der Waals surface area contributed by atoms with Gasteiger partial charge in [-0.15, -0.1) is 0 Å². The van der Waals surface area contributed by atoms with Gasteiger partial charge < -0.3 is 4.90 Å². The first kappa shape index (κ1) is 22.4. The van der Waals surface area contributed by atoms with Crippen molar-refractivity contribution in [2.75, 3.05) is 29.4 Å². The predicted octanol–water partition coefficient (Wildman–Crippen LogP) is 3.53. The maximum Gasteiger partial charge on any atom is 0.419 e. The second kappa shape index (κ2) is 8.13. The van der Waals surface area contributed by atoms with Gasteiger partial charge in [0.1, 0.15) is 12.4 Å². The van der Waals surface area contributed by atoms with Gasteiger partial charge in [-0.1, -0.05) is 0 Å². The van der Waals surface area contributed by atoms with E-state index in [1.807, 2.05) is 4.90 Å². The molecule has 2 aliphatic heterocycles. The van der Waals surface area contributed by atoms with Gasteiger partial charge in [0.2, 0.25) is 5.91 Å². The summed E-state index contributed by atoms with van der Waals surface area (Å²) < 4.78 is 67.5. The lowest BCUT2D eigenvalue weighted by Crippen LogP contribution is -2.45. The van der Waals surface area contributed by atoms with Crippen LogP contribution in [-0.4, -0.2) is 56.7 Å². The van der Waals surface area contributed by atoms with Crippen LogP contribution >= 0.6 is 0 Å². The Labute approximate surface area is 190 Å². The summed E-state index contributed by atoms with van der Waals surface area (Å²) in [5, 5.41) is 4.30. The molecule has 1 spiro atoms. The lowest BCUT2D eigenvalue weighted by molar-refractivity contribution is -0.137. The van der Waals surface area contributed by atoms with Gasteiger partial charge >= 0.3 is 6.18 Å². The summed E-state index contributed by atoms with van der Waals surface area (Å²) in [6.07, 6.45) is -1.95. The number of pyridine rings is 1. The summed E-state index contributed by atoms with van der Waals surface area (Å²) in [6.45, 7) is 0.291. The number of halogens is 5. The second-order valence-electron chi connectivity index (χ2n) is 8.47. The Balaban J connectivity index is 1.37. The van der Waals surface area contributed by atoms with Gasteiger partial charge in [-0.3, -0.25) is 9.69 Å². The third-order valence-corrected chi connectivity index (χ3v) is 6.54. The van der Waals surface area contributed by atoms with Crippen molar-refractivity contribution < 1.29 is 26.7 Å². The molecule has 1 amide bonds. The Kier molecular flexibility index (Phi) is 5.36. The summed E-state index contributed by atoms with van der Waals surface area (Å²) in [7, 11) is 0. The van der Waals surface area contributed by atoms with E-state index >= 15 is 0 Å². The van der Waals surface area contributed by atoms with Crippen LogP contribution in [0.5, 0.6) is 0 Å². The number of fused-ring (bicyclic) bond motifs is 1. The Bertz CT molecular complexity index is 1220. The second-order valence-corrected chi connectivity index (χ2v) is 8.47.